The van der Waals surface area contributed by atoms with Crippen LogP contribution in [-0.4, -0.2) is 23.9 Å². The van der Waals surface area contributed by atoms with Crippen molar-refractivity contribution in [2.75, 3.05) is 12.4 Å². The van der Waals surface area contributed by atoms with Gasteiger partial charge in [-0.1, -0.05) is 41.7 Å². The maximum atomic E-state index is 12.9. The number of hydrazone groups is 1. The molecule has 2 N–H and O–H groups in total. The van der Waals surface area contributed by atoms with Gasteiger partial charge in [-0.25, -0.2) is 4.57 Å². The second-order valence-corrected chi connectivity index (χ2v) is 11.2. The van der Waals surface area contributed by atoms with Crippen molar-refractivity contribution in [2.24, 2.45) is 10.9 Å². The van der Waals surface area contributed by atoms with Crippen LogP contribution in [0.5, 0.6) is 5.75 Å². The summed E-state index contributed by atoms with van der Waals surface area (Å²) in [6.45, 7) is 0.635. The standard InChI is InChI=1S/C19H20Cl3N2O4PS/c1-3-9-30-29(26,27-4-2)28-14-7-5-12(6-8-14)18(24-23)19(25)17-15(21)10-13(20)11-16(17)22/h5-8,10-11H,3-4,9,23H2,1-2H3/b24-18+. The largest absolute Gasteiger partial charge is 0.440 e. The predicted octanol–water partition coefficient (Wildman–Crippen LogP) is 6.86. The third-order valence-corrected chi connectivity index (χ3v) is 8.43. The molecule has 0 aliphatic rings. The van der Waals surface area contributed by atoms with E-state index in [-0.39, 0.29) is 27.9 Å². The molecule has 0 heterocycles. The molecule has 0 saturated heterocycles. The smallest absolute Gasteiger partial charge is 0.417 e. The summed E-state index contributed by atoms with van der Waals surface area (Å²) in [7, 11) is 0. The highest BCUT2D eigenvalue weighted by molar-refractivity contribution is 8.55. The topological polar surface area (TPSA) is 91.0 Å². The zero-order chi connectivity index (χ0) is 22.3. The molecule has 11 heteroatoms. The molecule has 1 unspecified atom stereocenters. The minimum absolute atomic E-state index is 0.0454. The zero-order valence-electron chi connectivity index (χ0n) is 16.2. The minimum atomic E-state index is -3.34. The van der Waals surface area contributed by atoms with E-state index in [0.29, 0.717) is 22.1 Å². The van der Waals surface area contributed by atoms with Crippen LogP contribution in [0.3, 0.4) is 0 Å². The van der Waals surface area contributed by atoms with Crippen LogP contribution in [0.2, 0.25) is 15.1 Å². The Labute approximate surface area is 194 Å². The molecule has 0 fully saturated rings. The quantitative estimate of drug-likeness (QED) is 0.124. The van der Waals surface area contributed by atoms with Crippen molar-refractivity contribution >= 4 is 64.5 Å². The van der Waals surface area contributed by atoms with Gasteiger partial charge >= 0.3 is 6.80 Å². The van der Waals surface area contributed by atoms with Gasteiger partial charge in [-0.3, -0.25) is 9.32 Å². The van der Waals surface area contributed by atoms with E-state index in [2.05, 4.69) is 5.10 Å². The van der Waals surface area contributed by atoms with Crippen LogP contribution in [0.25, 0.3) is 0 Å². The van der Waals surface area contributed by atoms with Gasteiger partial charge in [-0.15, -0.1) is 0 Å². The third-order valence-electron chi connectivity index (χ3n) is 3.66. The summed E-state index contributed by atoms with van der Waals surface area (Å²) in [6.07, 6.45) is 0.832. The molecule has 0 saturated carbocycles. The second kappa shape index (κ2) is 11.4. The number of nitrogens with two attached hydrogens (primary N) is 1. The van der Waals surface area contributed by atoms with Crippen molar-refractivity contribution < 1.29 is 18.4 Å². The number of halogens is 3. The van der Waals surface area contributed by atoms with Gasteiger partial charge in [-0.05, 0) is 61.1 Å². The molecule has 162 valence electrons. The van der Waals surface area contributed by atoms with E-state index in [4.69, 9.17) is 49.7 Å². The van der Waals surface area contributed by atoms with Gasteiger partial charge in [0, 0.05) is 16.3 Å². The summed E-state index contributed by atoms with van der Waals surface area (Å²) < 4.78 is 23.7. The van der Waals surface area contributed by atoms with Crippen LogP contribution in [0.4, 0.5) is 0 Å². The number of carbonyl (C=O) groups is 1. The second-order valence-electron chi connectivity index (χ2n) is 5.87. The molecule has 2 aromatic rings. The minimum Gasteiger partial charge on any atom is -0.417 e. The van der Waals surface area contributed by atoms with E-state index in [0.717, 1.165) is 17.8 Å². The molecule has 0 aliphatic carbocycles. The van der Waals surface area contributed by atoms with Crippen molar-refractivity contribution in [3.05, 3.63) is 62.6 Å². The third kappa shape index (κ3) is 6.39. The highest BCUT2D eigenvalue weighted by Crippen LogP contribution is 2.60. The van der Waals surface area contributed by atoms with Crippen molar-refractivity contribution in [3.63, 3.8) is 0 Å². The summed E-state index contributed by atoms with van der Waals surface area (Å²) in [5.74, 6) is 5.86. The molecule has 0 spiro atoms. The summed E-state index contributed by atoms with van der Waals surface area (Å²) >= 11 is 19.3. The fraction of sp³-hybridized carbons (Fsp3) is 0.263. The Hall–Kier alpha value is -1.21. The van der Waals surface area contributed by atoms with E-state index < -0.39 is 12.6 Å². The van der Waals surface area contributed by atoms with Crippen molar-refractivity contribution in [1.82, 2.24) is 0 Å². The van der Waals surface area contributed by atoms with Crippen molar-refractivity contribution in [1.29, 1.82) is 0 Å². The summed E-state index contributed by atoms with van der Waals surface area (Å²) in [5, 5.41) is 4.08. The van der Waals surface area contributed by atoms with Gasteiger partial charge in [0.1, 0.15) is 11.5 Å². The Kier molecular flexibility index (Phi) is 9.54. The number of carbonyl (C=O) groups excluding carboxylic acids is 1. The number of ketones is 1. The lowest BCUT2D eigenvalue weighted by Crippen LogP contribution is -2.18. The molecule has 30 heavy (non-hydrogen) atoms. The Morgan fingerprint density at radius 3 is 2.23 bits per heavy atom. The number of hydrogen-bond acceptors (Lipinski definition) is 7. The maximum Gasteiger partial charge on any atom is 0.440 e. The van der Waals surface area contributed by atoms with Gasteiger partial charge in [0.15, 0.2) is 0 Å². The average Bonchev–Trinajstić information content (AvgIpc) is 2.68. The SMILES string of the molecule is CCCSP(=O)(OCC)Oc1ccc(/C(=N\N)C(=O)c2c(Cl)cc(Cl)cc2Cl)cc1. The zero-order valence-corrected chi connectivity index (χ0v) is 20.2. The first-order chi connectivity index (χ1) is 14.2. The molecule has 0 aliphatic heterocycles. The lowest BCUT2D eigenvalue weighted by molar-refractivity contribution is 0.106. The molecule has 1 atom stereocenters. The first kappa shape index (κ1) is 25.1. The number of benzene rings is 2. The Balaban J connectivity index is 2.28. The monoisotopic (exact) mass is 508 g/mol. The highest BCUT2D eigenvalue weighted by atomic mass is 35.5. The van der Waals surface area contributed by atoms with Gasteiger partial charge in [0.05, 0.1) is 22.2 Å². The number of rotatable bonds is 10. The van der Waals surface area contributed by atoms with Crippen LogP contribution >= 0.6 is 53.0 Å². The van der Waals surface area contributed by atoms with E-state index in [1.54, 1.807) is 31.2 Å². The van der Waals surface area contributed by atoms with E-state index in [1.807, 2.05) is 6.92 Å². The molecule has 6 nitrogen and oxygen atoms in total. The van der Waals surface area contributed by atoms with E-state index in [1.165, 1.54) is 12.1 Å². The van der Waals surface area contributed by atoms with Gasteiger partial charge < -0.3 is 10.4 Å². The molecule has 0 bridgehead atoms. The van der Waals surface area contributed by atoms with E-state index in [9.17, 15) is 9.36 Å². The number of Topliss-reactive ketones (excluding diaryl/α,β-unsaturated/α-hetero) is 1. The predicted molar refractivity (Wildman–Crippen MR) is 126 cm³/mol. The molecular weight excluding hydrogens is 490 g/mol. The van der Waals surface area contributed by atoms with Crippen LogP contribution in [0, 0.1) is 0 Å². The Morgan fingerprint density at radius 2 is 1.73 bits per heavy atom. The van der Waals surface area contributed by atoms with Crippen LogP contribution < -0.4 is 10.4 Å². The first-order valence-corrected chi connectivity index (χ1v) is 13.2. The summed E-state index contributed by atoms with van der Waals surface area (Å²) in [5.41, 5.74) is 0.398. The molecular formula is C19H20Cl3N2O4PS. The molecule has 2 aromatic carbocycles. The first-order valence-electron chi connectivity index (χ1n) is 8.90. The van der Waals surface area contributed by atoms with Crippen LogP contribution in [-0.2, 0) is 9.09 Å². The fourth-order valence-electron chi connectivity index (χ4n) is 2.40. The normalized spacial score (nSPS) is 13.7. The highest BCUT2D eigenvalue weighted by Gasteiger charge is 2.27. The van der Waals surface area contributed by atoms with Gasteiger partial charge in [0.2, 0.25) is 5.78 Å². The van der Waals surface area contributed by atoms with Crippen molar-refractivity contribution in [3.8, 4) is 5.75 Å². The van der Waals surface area contributed by atoms with Crippen molar-refractivity contribution in [2.45, 2.75) is 20.3 Å². The molecule has 2 rings (SSSR count). The van der Waals surface area contributed by atoms with Crippen LogP contribution in [0.1, 0.15) is 36.2 Å². The maximum absolute atomic E-state index is 12.9. The Morgan fingerprint density at radius 1 is 1.13 bits per heavy atom. The summed E-state index contributed by atoms with van der Waals surface area (Å²) in [6, 6.07) is 9.06. The van der Waals surface area contributed by atoms with Gasteiger partial charge in [-0.2, -0.15) is 5.10 Å². The number of nitrogens with zero attached hydrogens (tertiary/aromatic N) is 1. The molecule has 0 radical (unpaired) electrons. The van der Waals surface area contributed by atoms with Gasteiger partial charge in [0.25, 0.3) is 0 Å². The lowest BCUT2D eigenvalue weighted by Gasteiger charge is -2.17. The lowest BCUT2D eigenvalue weighted by atomic mass is 10.0. The van der Waals surface area contributed by atoms with Crippen LogP contribution in [0.15, 0.2) is 41.5 Å². The Bertz CT molecular complexity index is 963. The number of hydrogen-bond donors (Lipinski definition) is 1. The average molecular weight is 510 g/mol. The van der Waals surface area contributed by atoms with E-state index >= 15 is 0 Å². The fourth-order valence-corrected chi connectivity index (χ4v) is 6.84. The molecule has 0 aromatic heterocycles. The molecule has 0 amide bonds. The summed E-state index contributed by atoms with van der Waals surface area (Å²) in [4.78, 5) is 12.9.